The molecular formula is C10H14ClN3O3S. The highest BCUT2D eigenvalue weighted by molar-refractivity contribution is 7.89. The Labute approximate surface area is 110 Å². The molecule has 0 aromatic heterocycles. The first-order chi connectivity index (χ1) is 8.22. The predicted molar refractivity (Wildman–Crippen MR) is 69.5 cm³/mol. The van der Waals surface area contributed by atoms with E-state index in [4.69, 9.17) is 23.1 Å². The second kappa shape index (κ2) is 5.55. The van der Waals surface area contributed by atoms with Crippen molar-refractivity contribution < 1.29 is 13.2 Å². The number of anilines is 1. The number of hydrogen-bond acceptors (Lipinski definition) is 4. The molecule has 0 aliphatic heterocycles. The lowest BCUT2D eigenvalue weighted by Gasteiger charge is -2.13. The van der Waals surface area contributed by atoms with E-state index in [1.807, 2.05) is 0 Å². The van der Waals surface area contributed by atoms with Crippen LogP contribution in [-0.2, 0) is 14.8 Å². The summed E-state index contributed by atoms with van der Waals surface area (Å²) in [6, 6.07) is 3.38. The van der Waals surface area contributed by atoms with Crippen LogP contribution in [-0.4, -0.2) is 20.4 Å². The summed E-state index contributed by atoms with van der Waals surface area (Å²) in [6.45, 7) is 1.54. The highest BCUT2D eigenvalue weighted by Gasteiger charge is 2.19. The standard InChI is InChI=1S/C10H14ClN3O3S/c1-6(4-10(13)15)14-18(16,17)7-2-3-8(11)9(12)5-7/h2-3,5-6,14H,4,12H2,1H3,(H2,13,15). The number of rotatable bonds is 5. The maximum atomic E-state index is 11.9. The number of carbonyl (C=O) groups is 1. The number of hydrogen-bond donors (Lipinski definition) is 3. The molecule has 0 aliphatic rings. The third kappa shape index (κ3) is 3.86. The molecule has 0 fully saturated rings. The molecule has 5 N–H and O–H groups in total. The zero-order chi connectivity index (χ0) is 13.9. The van der Waals surface area contributed by atoms with Gasteiger partial charge in [0.25, 0.3) is 0 Å². The molecule has 0 heterocycles. The van der Waals surface area contributed by atoms with Gasteiger partial charge >= 0.3 is 0 Å². The van der Waals surface area contributed by atoms with Crippen LogP contribution in [0.25, 0.3) is 0 Å². The maximum Gasteiger partial charge on any atom is 0.240 e. The largest absolute Gasteiger partial charge is 0.397 e. The summed E-state index contributed by atoms with van der Waals surface area (Å²) >= 11 is 5.70. The van der Waals surface area contributed by atoms with Crippen LogP contribution in [0.2, 0.25) is 5.02 Å². The van der Waals surface area contributed by atoms with Crippen molar-refractivity contribution in [1.82, 2.24) is 4.72 Å². The molecule has 100 valence electrons. The zero-order valence-corrected chi connectivity index (χ0v) is 11.3. The Morgan fingerprint density at radius 2 is 2.11 bits per heavy atom. The maximum absolute atomic E-state index is 11.9. The highest BCUT2D eigenvalue weighted by Crippen LogP contribution is 2.22. The minimum Gasteiger partial charge on any atom is -0.397 e. The summed E-state index contributed by atoms with van der Waals surface area (Å²) in [5.74, 6) is -0.583. The van der Waals surface area contributed by atoms with Gasteiger partial charge in [0.15, 0.2) is 0 Å². The van der Waals surface area contributed by atoms with Gasteiger partial charge < -0.3 is 11.5 Å². The molecule has 18 heavy (non-hydrogen) atoms. The van der Waals surface area contributed by atoms with Crippen LogP contribution >= 0.6 is 11.6 Å². The fraction of sp³-hybridized carbons (Fsp3) is 0.300. The van der Waals surface area contributed by atoms with Gasteiger partial charge in [-0.2, -0.15) is 0 Å². The van der Waals surface area contributed by atoms with Gasteiger partial charge in [0.1, 0.15) is 0 Å². The van der Waals surface area contributed by atoms with Crippen molar-refractivity contribution in [2.45, 2.75) is 24.3 Å². The monoisotopic (exact) mass is 291 g/mol. The second-order valence-corrected chi connectivity index (χ2v) is 6.00. The van der Waals surface area contributed by atoms with Crippen molar-refractivity contribution >= 4 is 33.2 Å². The second-order valence-electron chi connectivity index (χ2n) is 3.88. The van der Waals surface area contributed by atoms with Crippen LogP contribution < -0.4 is 16.2 Å². The van der Waals surface area contributed by atoms with E-state index in [0.717, 1.165) is 0 Å². The van der Waals surface area contributed by atoms with Crippen LogP contribution in [0, 0.1) is 0 Å². The van der Waals surface area contributed by atoms with Crippen molar-refractivity contribution in [2.75, 3.05) is 5.73 Å². The fourth-order valence-corrected chi connectivity index (χ4v) is 2.76. The quantitative estimate of drug-likeness (QED) is 0.684. The Bertz CT molecular complexity index is 559. The first kappa shape index (κ1) is 14.7. The van der Waals surface area contributed by atoms with Gasteiger partial charge in [-0.05, 0) is 25.1 Å². The molecule has 0 saturated carbocycles. The van der Waals surface area contributed by atoms with Crippen LogP contribution in [0.15, 0.2) is 23.1 Å². The van der Waals surface area contributed by atoms with Crippen molar-refractivity contribution in [2.24, 2.45) is 5.73 Å². The van der Waals surface area contributed by atoms with E-state index in [2.05, 4.69) is 4.72 Å². The minimum absolute atomic E-state index is 0.0132. The molecule has 1 rings (SSSR count). The van der Waals surface area contributed by atoms with Crippen LogP contribution in [0.5, 0.6) is 0 Å². The van der Waals surface area contributed by atoms with E-state index in [9.17, 15) is 13.2 Å². The lowest BCUT2D eigenvalue weighted by Crippen LogP contribution is -2.35. The molecule has 0 saturated heterocycles. The van der Waals surface area contributed by atoms with E-state index in [0.29, 0.717) is 0 Å². The van der Waals surface area contributed by atoms with Gasteiger partial charge in [0, 0.05) is 12.5 Å². The summed E-state index contributed by atoms with van der Waals surface area (Å²) in [4.78, 5) is 10.7. The highest BCUT2D eigenvalue weighted by atomic mass is 35.5. The smallest absolute Gasteiger partial charge is 0.240 e. The molecule has 0 aliphatic carbocycles. The van der Waals surface area contributed by atoms with Crippen LogP contribution in [0.3, 0.4) is 0 Å². The molecule has 1 atom stereocenters. The summed E-state index contributed by atoms with van der Waals surface area (Å²) < 4.78 is 26.2. The van der Waals surface area contributed by atoms with Crippen molar-refractivity contribution in [3.05, 3.63) is 23.2 Å². The average Bonchev–Trinajstić information content (AvgIpc) is 2.19. The first-order valence-electron chi connectivity index (χ1n) is 5.08. The van der Waals surface area contributed by atoms with Gasteiger partial charge in [-0.1, -0.05) is 11.6 Å². The van der Waals surface area contributed by atoms with Crippen molar-refractivity contribution in [3.8, 4) is 0 Å². The van der Waals surface area contributed by atoms with Gasteiger partial charge in [-0.3, -0.25) is 4.79 Å². The Balaban J connectivity index is 2.92. The van der Waals surface area contributed by atoms with E-state index < -0.39 is 22.0 Å². The number of carbonyl (C=O) groups excluding carboxylic acids is 1. The van der Waals surface area contributed by atoms with Crippen molar-refractivity contribution in [1.29, 1.82) is 0 Å². The summed E-state index contributed by atoms with van der Waals surface area (Å²) in [7, 11) is -3.74. The molecular weight excluding hydrogens is 278 g/mol. The van der Waals surface area contributed by atoms with Gasteiger partial charge in [-0.25, -0.2) is 13.1 Å². The van der Waals surface area contributed by atoms with E-state index in [-0.39, 0.29) is 22.0 Å². The Morgan fingerprint density at radius 1 is 1.50 bits per heavy atom. The number of nitrogens with one attached hydrogen (secondary N) is 1. The van der Waals surface area contributed by atoms with E-state index in [1.165, 1.54) is 18.2 Å². The predicted octanol–water partition coefficient (Wildman–Crippen LogP) is 0.464. The molecule has 0 radical (unpaired) electrons. The molecule has 1 aromatic rings. The number of amides is 1. The molecule has 6 nitrogen and oxygen atoms in total. The molecule has 1 unspecified atom stereocenters. The third-order valence-electron chi connectivity index (χ3n) is 2.14. The van der Waals surface area contributed by atoms with Crippen molar-refractivity contribution in [3.63, 3.8) is 0 Å². The SMILES string of the molecule is CC(CC(N)=O)NS(=O)(=O)c1ccc(Cl)c(N)c1. The lowest BCUT2D eigenvalue weighted by molar-refractivity contribution is -0.118. The number of halogens is 1. The van der Waals surface area contributed by atoms with Gasteiger partial charge in [0.2, 0.25) is 15.9 Å². The minimum atomic E-state index is -3.74. The molecule has 8 heteroatoms. The van der Waals surface area contributed by atoms with Crippen LogP contribution in [0.4, 0.5) is 5.69 Å². The third-order valence-corrected chi connectivity index (χ3v) is 4.07. The Hall–Kier alpha value is -1.31. The number of nitrogen functional groups attached to an aromatic ring is 1. The molecule has 1 aromatic carbocycles. The Morgan fingerprint density at radius 3 is 2.61 bits per heavy atom. The van der Waals surface area contributed by atoms with E-state index in [1.54, 1.807) is 6.92 Å². The van der Waals surface area contributed by atoms with Gasteiger partial charge in [0.05, 0.1) is 15.6 Å². The summed E-state index contributed by atoms with van der Waals surface area (Å²) in [6.07, 6.45) is -0.0810. The van der Waals surface area contributed by atoms with E-state index >= 15 is 0 Å². The topological polar surface area (TPSA) is 115 Å². The first-order valence-corrected chi connectivity index (χ1v) is 6.94. The normalized spacial score (nSPS) is 13.2. The average molecular weight is 292 g/mol. The number of sulfonamides is 1. The zero-order valence-electron chi connectivity index (χ0n) is 9.68. The number of nitrogens with two attached hydrogens (primary N) is 2. The van der Waals surface area contributed by atoms with Gasteiger partial charge in [-0.15, -0.1) is 0 Å². The molecule has 1 amide bonds. The number of benzene rings is 1. The fourth-order valence-electron chi connectivity index (χ4n) is 1.37. The lowest BCUT2D eigenvalue weighted by atomic mass is 10.2. The molecule has 0 bridgehead atoms. The summed E-state index contributed by atoms with van der Waals surface area (Å²) in [5.41, 5.74) is 10.7. The summed E-state index contributed by atoms with van der Waals surface area (Å²) in [5, 5.41) is 0.277. The molecule has 0 spiro atoms. The Kier molecular flexibility index (Phi) is 4.55. The number of primary amides is 1. The van der Waals surface area contributed by atoms with Crippen LogP contribution in [0.1, 0.15) is 13.3 Å².